The second-order valence-electron chi connectivity index (χ2n) is 3.92. The molecule has 0 radical (unpaired) electrons. The SMILES string of the molecule is Cc1nnsc1C(=O)Nc1ccc2cc[nH]c2c1. The summed E-state index contributed by atoms with van der Waals surface area (Å²) in [6.45, 7) is 1.77. The molecule has 6 heteroatoms. The molecular formula is C12H10N4OS. The van der Waals surface area contributed by atoms with E-state index in [1.807, 2.05) is 30.5 Å². The predicted octanol–water partition coefficient (Wildman–Crippen LogP) is 2.58. The van der Waals surface area contributed by atoms with Gasteiger partial charge in [-0.3, -0.25) is 4.79 Å². The number of hydrogen-bond donors (Lipinski definition) is 2. The Morgan fingerprint density at radius 2 is 2.28 bits per heavy atom. The summed E-state index contributed by atoms with van der Waals surface area (Å²) in [6, 6.07) is 7.71. The molecule has 0 spiro atoms. The van der Waals surface area contributed by atoms with E-state index in [4.69, 9.17) is 0 Å². The number of aryl methyl sites for hydroxylation is 1. The molecular weight excluding hydrogens is 248 g/mol. The molecule has 0 aliphatic carbocycles. The number of hydrogen-bond acceptors (Lipinski definition) is 4. The van der Waals surface area contributed by atoms with Gasteiger partial charge in [-0.05, 0) is 42.0 Å². The topological polar surface area (TPSA) is 70.7 Å². The zero-order valence-electron chi connectivity index (χ0n) is 9.60. The lowest BCUT2D eigenvalue weighted by molar-refractivity contribution is 0.103. The molecule has 0 saturated heterocycles. The third-order valence-corrected chi connectivity index (χ3v) is 3.50. The van der Waals surface area contributed by atoms with Crippen LogP contribution in [0.1, 0.15) is 15.4 Å². The molecule has 90 valence electrons. The van der Waals surface area contributed by atoms with Gasteiger partial charge < -0.3 is 10.3 Å². The monoisotopic (exact) mass is 258 g/mol. The second-order valence-corrected chi connectivity index (χ2v) is 4.68. The molecule has 1 amide bonds. The van der Waals surface area contributed by atoms with Crippen molar-refractivity contribution < 1.29 is 4.79 Å². The van der Waals surface area contributed by atoms with Crippen LogP contribution in [0.2, 0.25) is 0 Å². The van der Waals surface area contributed by atoms with Crippen LogP contribution in [0.4, 0.5) is 5.69 Å². The highest BCUT2D eigenvalue weighted by Gasteiger charge is 2.13. The van der Waals surface area contributed by atoms with Crippen LogP contribution in [0, 0.1) is 6.92 Å². The third kappa shape index (κ3) is 1.86. The van der Waals surface area contributed by atoms with Gasteiger partial charge in [0.05, 0.1) is 5.69 Å². The van der Waals surface area contributed by atoms with Crippen molar-refractivity contribution in [2.75, 3.05) is 5.32 Å². The average Bonchev–Trinajstić information content (AvgIpc) is 2.96. The van der Waals surface area contributed by atoms with E-state index in [9.17, 15) is 4.79 Å². The summed E-state index contributed by atoms with van der Waals surface area (Å²) in [6.07, 6.45) is 1.87. The Morgan fingerprint density at radius 1 is 1.39 bits per heavy atom. The minimum absolute atomic E-state index is 0.173. The Hall–Kier alpha value is -2.21. The van der Waals surface area contributed by atoms with Crippen molar-refractivity contribution in [3.8, 4) is 0 Å². The Balaban J connectivity index is 1.88. The molecule has 0 aliphatic heterocycles. The number of carbonyl (C=O) groups is 1. The normalized spacial score (nSPS) is 10.7. The molecule has 0 bridgehead atoms. The maximum atomic E-state index is 12.0. The number of nitrogens with one attached hydrogen (secondary N) is 2. The summed E-state index contributed by atoms with van der Waals surface area (Å²) >= 11 is 1.10. The van der Waals surface area contributed by atoms with Crippen LogP contribution in [0.3, 0.4) is 0 Å². The van der Waals surface area contributed by atoms with Gasteiger partial charge in [-0.1, -0.05) is 10.6 Å². The highest BCUT2D eigenvalue weighted by molar-refractivity contribution is 7.08. The lowest BCUT2D eigenvalue weighted by atomic mass is 10.2. The van der Waals surface area contributed by atoms with E-state index in [0.717, 1.165) is 28.1 Å². The summed E-state index contributed by atoms with van der Waals surface area (Å²) in [5.74, 6) is -0.173. The number of aromatic nitrogens is 3. The fraction of sp³-hybridized carbons (Fsp3) is 0.0833. The van der Waals surface area contributed by atoms with Crippen molar-refractivity contribution in [2.24, 2.45) is 0 Å². The van der Waals surface area contributed by atoms with Gasteiger partial charge in [0.1, 0.15) is 4.88 Å². The molecule has 0 unspecified atom stereocenters. The van der Waals surface area contributed by atoms with Gasteiger partial charge in [0, 0.05) is 17.4 Å². The number of fused-ring (bicyclic) bond motifs is 1. The summed E-state index contributed by atoms with van der Waals surface area (Å²) < 4.78 is 3.75. The van der Waals surface area contributed by atoms with Crippen molar-refractivity contribution in [3.05, 3.63) is 41.0 Å². The van der Waals surface area contributed by atoms with Crippen molar-refractivity contribution in [2.45, 2.75) is 6.92 Å². The molecule has 0 fully saturated rings. The van der Waals surface area contributed by atoms with E-state index >= 15 is 0 Å². The average molecular weight is 258 g/mol. The molecule has 0 atom stereocenters. The van der Waals surface area contributed by atoms with Crippen molar-refractivity contribution >= 4 is 34.0 Å². The van der Waals surface area contributed by atoms with Gasteiger partial charge in [0.15, 0.2) is 0 Å². The molecule has 18 heavy (non-hydrogen) atoms. The quantitative estimate of drug-likeness (QED) is 0.742. The number of H-pyrrole nitrogens is 1. The Labute approximate surface area is 107 Å². The molecule has 3 aromatic rings. The number of nitrogens with zero attached hydrogens (tertiary/aromatic N) is 2. The van der Waals surface area contributed by atoms with Crippen molar-refractivity contribution in [1.82, 2.24) is 14.6 Å². The third-order valence-electron chi connectivity index (χ3n) is 2.67. The summed E-state index contributed by atoms with van der Waals surface area (Å²) in [4.78, 5) is 15.6. The summed E-state index contributed by atoms with van der Waals surface area (Å²) in [5, 5.41) is 7.78. The first-order chi connectivity index (χ1) is 8.74. The van der Waals surface area contributed by atoms with Crippen LogP contribution in [0.5, 0.6) is 0 Å². The first-order valence-corrected chi connectivity index (χ1v) is 6.19. The van der Waals surface area contributed by atoms with Gasteiger partial charge in [0.2, 0.25) is 0 Å². The first kappa shape index (κ1) is 10.9. The van der Waals surface area contributed by atoms with Gasteiger partial charge >= 0.3 is 0 Å². The Morgan fingerprint density at radius 3 is 3.06 bits per heavy atom. The largest absolute Gasteiger partial charge is 0.361 e. The molecule has 2 N–H and O–H groups in total. The molecule has 3 rings (SSSR count). The number of rotatable bonds is 2. The van der Waals surface area contributed by atoms with Gasteiger partial charge in [-0.25, -0.2) is 0 Å². The molecule has 5 nitrogen and oxygen atoms in total. The minimum Gasteiger partial charge on any atom is -0.361 e. The Kier molecular flexibility index (Phi) is 2.56. The van der Waals surface area contributed by atoms with Crippen LogP contribution in [-0.2, 0) is 0 Å². The van der Waals surface area contributed by atoms with Crippen LogP contribution < -0.4 is 5.32 Å². The van der Waals surface area contributed by atoms with Crippen LogP contribution in [0.25, 0.3) is 10.9 Å². The summed E-state index contributed by atoms with van der Waals surface area (Å²) in [7, 11) is 0. The number of aromatic amines is 1. The van der Waals surface area contributed by atoms with E-state index in [2.05, 4.69) is 19.9 Å². The van der Waals surface area contributed by atoms with E-state index in [1.165, 1.54) is 0 Å². The van der Waals surface area contributed by atoms with Crippen molar-refractivity contribution in [1.29, 1.82) is 0 Å². The number of carbonyl (C=O) groups excluding carboxylic acids is 1. The number of anilines is 1. The number of amides is 1. The highest BCUT2D eigenvalue weighted by Crippen LogP contribution is 2.19. The maximum Gasteiger partial charge on any atom is 0.269 e. The van der Waals surface area contributed by atoms with Crippen molar-refractivity contribution in [3.63, 3.8) is 0 Å². The van der Waals surface area contributed by atoms with Crippen LogP contribution in [0.15, 0.2) is 30.5 Å². The molecule has 2 heterocycles. The molecule has 0 aliphatic rings. The fourth-order valence-corrected chi connectivity index (χ4v) is 2.30. The molecule has 2 aromatic heterocycles. The standard InChI is InChI=1S/C12H10N4OS/c1-7-11(18-16-15-7)12(17)14-9-3-2-8-4-5-13-10(8)6-9/h2-6,13H,1H3,(H,14,17). The van der Waals surface area contributed by atoms with Crippen LogP contribution in [-0.4, -0.2) is 20.5 Å². The van der Waals surface area contributed by atoms with E-state index < -0.39 is 0 Å². The molecule has 1 aromatic carbocycles. The van der Waals surface area contributed by atoms with Gasteiger partial charge in [-0.2, -0.15) is 0 Å². The predicted molar refractivity (Wildman–Crippen MR) is 70.9 cm³/mol. The molecule has 0 saturated carbocycles. The lowest BCUT2D eigenvalue weighted by Crippen LogP contribution is -2.11. The minimum atomic E-state index is -0.173. The first-order valence-electron chi connectivity index (χ1n) is 5.41. The van der Waals surface area contributed by atoms with E-state index in [0.29, 0.717) is 10.6 Å². The number of benzene rings is 1. The zero-order valence-corrected chi connectivity index (χ0v) is 10.4. The van der Waals surface area contributed by atoms with E-state index in [1.54, 1.807) is 6.92 Å². The Bertz CT molecular complexity index is 716. The van der Waals surface area contributed by atoms with Gasteiger partial charge in [0.25, 0.3) is 5.91 Å². The second kappa shape index (κ2) is 4.23. The highest BCUT2D eigenvalue weighted by atomic mass is 32.1. The summed E-state index contributed by atoms with van der Waals surface area (Å²) in [5.41, 5.74) is 2.40. The van der Waals surface area contributed by atoms with Crippen LogP contribution >= 0.6 is 11.5 Å². The smallest absolute Gasteiger partial charge is 0.269 e. The fourth-order valence-electron chi connectivity index (χ4n) is 1.75. The maximum absolute atomic E-state index is 12.0. The van der Waals surface area contributed by atoms with Gasteiger partial charge in [-0.15, -0.1) is 5.10 Å². The lowest BCUT2D eigenvalue weighted by Gasteiger charge is -2.03. The zero-order chi connectivity index (χ0) is 12.5. The van der Waals surface area contributed by atoms with E-state index in [-0.39, 0.29) is 5.91 Å².